The molecule has 27 heavy (non-hydrogen) atoms. The molecule has 2 aliphatic heterocycles. The van der Waals surface area contributed by atoms with Crippen LogP contribution in [0.1, 0.15) is 21.5 Å². The van der Waals surface area contributed by atoms with E-state index in [2.05, 4.69) is 0 Å². The summed E-state index contributed by atoms with van der Waals surface area (Å²) in [6.45, 7) is 4.40. The molecule has 2 aliphatic rings. The molecule has 140 valence electrons. The highest BCUT2D eigenvalue weighted by molar-refractivity contribution is 5.95. The molecule has 2 heterocycles. The van der Waals surface area contributed by atoms with Gasteiger partial charge in [0.15, 0.2) is 11.5 Å². The van der Waals surface area contributed by atoms with Crippen LogP contribution < -0.4 is 9.47 Å². The van der Waals surface area contributed by atoms with Gasteiger partial charge < -0.3 is 19.3 Å². The lowest BCUT2D eigenvalue weighted by atomic mass is 10.1. The van der Waals surface area contributed by atoms with Gasteiger partial charge in [0.05, 0.1) is 6.42 Å². The van der Waals surface area contributed by atoms with E-state index in [1.165, 1.54) is 5.56 Å². The van der Waals surface area contributed by atoms with E-state index in [1.54, 1.807) is 23.1 Å². The third-order valence-corrected chi connectivity index (χ3v) is 5.02. The number of carbonyl (C=O) groups excluding carboxylic acids is 2. The molecule has 0 aromatic heterocycles. The zero-order chi connectivity index (χ0) is 18.8. The standard InChI is InChI=1S/C21H22N2O4/c1-15-2-4-16(5-3-15)12-20(24)22-8-10-23(11-9-22)21(25)17-6-7-18-19(13-17)27-14-26-18/h2-7,13H,8-12,14H2,1H3. The number of amides is 2. The first-order valence-corrected chi connectivity index (χ1v) is 9.12. The summed E-state index contributed by atoms with van der Waals surface area (Å²) in [6.07, 6.45) is 0.399. The number of hydrogen-bond acceptors (Lipinski definition) is 4. The molecule has 0 bridgehead atoms. The molecule has 0 radical (unpaired) electrons. The Kier molecular flexibility index (Phi) is 4.71. The summed E-state index contributed by atoms with van der Waals surface area (Å²) in [5.41, 5.74) is 2.78. The Bertz CT molecular complexity index is 855. The second kappa shape index (κ2) is 7.31. The quantitative estimate of drug-likeness (QED) is 0.836. The van der Waals surface area contributed by atoms with Gasteiger partial charge in [0.1, 0.15) is 0 Å². The number of benzene rings is 2. The van der Waals surface area contributed by atoms with E-state index in [1.807, 2.05) is 36.1 Å². The highest BCUT2D eigenvalue weighted by Gasteiger charge is 2.26. The first-order chi connectivity index (χ1) is 13.1. The van der Waals surface area contributed by atoms with Crippen LogP contribution >= 0.6 is 0 Å². The average Bonchev–Trinajstić information content (AvgIpc) is 3.17. The molecule has 2 aromatic carbocycles. The summed E-state index contributed by atoms with van der Waals surface area (Å²) >= 11 is 0. The minimum Gasteiger partial charge on any atom is -0.454 e. The molecular formula is C21H22N2O4. The molecule has 0 aliphatic carbocycles. The van der Waals surface area contributed by atoms with Gasteiger partial charge in [-0.15, -0.1) is 0 Å². The highest BCUT2D eigenvalue weighted by Crippen LogP contribution is 2.32. The molecule has 6 heteroatoms. The third kappa shape index (κ3) is 3.74. The molecular weight excluding hydrogens is 344 g/mol. The molecule has 0 spiro atoms. The van der Waals surface area contributed by atoms with Gasteiger partial charge in [0.2, 0.25) is 12.7 Å². The molecule has 0 N–H and O–H groups in total. The Morgan fingerprint density at radius 3 is 2.30 bits per heavy atom. The Morgan fingerprint density at radius 2 is 1.56 bits per heavy atom. The van der Waals surface area contributed by atoms with Crippen molar-refractivity contribution in [3.8, 4) is 11.5 Å². The van der Waals surface area contributed by atoms with E-state index in [-0.39, 0.29) is 18.6 Å². The fourth-order valence-corrected chi connectivity index (χ4v) is 3.36. The van der Waals surface area contributed by atoms with Gasteiger partial charge >= 0.3 is 0 Å². The van der Waals surface area contributed by atoms with Crippen LogP contribution in [0.3, 0.4) is 0 Å². The van der Waals surface area contributed by atoms with Crippen LogP contribution in [0.25, 0.3) is 0 Å². The van der Waals surface area contributed by atoms with Crippen LogP contribution in [0.5, 0.6) is 11.5 Å². The second-order valence-electron chi connectivity index (χ2n) is 6.90. The molecule has 0 atom stereocenters. The van der Waals surface area contributed by atoms with Gasteiger partial charge in [0.25, 0.3) is 5.91 Å². The number of carbonyl (C=O) groups is 2. The van der Waals surface area contributed by atoms with Crippen LogP contribution in [0.4, 0.5) is 0 Å². The maximum absolute atomic E-state index is 12.7. The molecule has 6 nitrogen and oxygen atoms in total. The molecule has 1 saturated heterocycles. The first kappa shape index (κ1) is 17.4. The molecule has 0 saturated carbocycles. The molecule has 2 amide bonds. The number of piperazine rings is 1. The smallest absolute Gasteiger partial charge is 0.254 e. The van der Waals surface area contributed by atoms with Crippen molar-refractivity contribution in [3.05, 3.63) is 59.2 Å². The van der Waals surface area contributed by atoms with Crippen LogP contribution in [-0.4, -0.2) is 54.6 Å². The van der Waals surface area contributed by atoms with Crippen LogP contribution in [-0.2, 0) is 11.2 Å². The van der Waals surface area contributed by atoms with Crippen LogP contribution in [0.15, 0.2) is 42.5 Å². The number of rotatable bonds is 3. The lowest BCUT2D eigenvalue weighted by molar-refractivity contribution is -0.131. The number of aryl methyl sites for hydroxylation is 1. The zero-order valence-corrected chi connectivity index (χ0v) is 15.3. The van der Waals surface area contributed by atoms with E-state index in [4.69, 9.17) is 9.47 Å². The van der Waals surface area contributed by atoms with Gasteiger partial charge in [0, 0.05) is 31.7 Å². The third-order valence-electron chi connectivity index (χ3n) is 5.02. The fraction of sp³-hybridized carbons (Fsp3) is 0.333. The van der Waals surface area contributed by atoms with Gasteiger partial charge in [-0.2, -0.15) is 0 Å². The van der Waals surface area contributed by atoms with E-state index in [9.17, 15) is 9.59 Å². The lowest BCUT2D eigenvalue weighted by Gasteiger charge is -2.35. The highest BCUT2D eigenvalue weighted by atomic mass is 16.7. The summed E-state index contributed by atoms with van der Waals surface area (Å²) in [4.78, 5) is 28.9. The maximum Gasteiger partial charge on any atom is 0.254 e. The van der Waals surface area contributed by atoms with Gasteiger partial charge in [-0.25, -0.2) is 0 Å². The summed E-state index contributed by atoms with van der Waals surface area (Å²) in [5, 5.41) is 0. The number of hydrogen-bond donors (Lipinski definition) is 0. The van der Waals surface area contributed by atoms with E-state index < -0.39 is 0 Å². The zero-order valence-electron chi connectivity index (χ0n) is 15.3. The van der Waals surface area contributed by atoms with Crippen molar-refractivity contribution in [1.82, 2.24) is 9.80 Å². The van der Waals surface area contributed by atoms with Crippen molar-refractivity contribution in [2.24, 2.45) is 0 Å². The van der Waals surface area contributed by atoms with E-state index in [0.29, 0.717) is 49.7 Å². The predicted octanol–water partition coefficient (Wildman–Crippen LogP) is 2.25. The van der Waals surface area contributed by atoms with Gasteiger partial charge in [-0.05, 0) is 30.7 Å². The Labute approximate surface area is 158 Å². The van der Waals surface area contributed by atoms with Gasteiger partial charge in [-0.3, -0.25) is 9.59 Å². The minimum atomic E-state index is -0.0427. The minimum absolute atomic E-state index is 0.0427. The predicted molar refractivity (Wildman–Crippen MR) is 99.9 cm³/mol. The number of fused-ring (bicyclic) bond motifs is 1. The topological polar surface area (TPSA) is 59.1 Å². The molecule has 1 fully saturated rings. The summed E-state index contributed by atoms with van der Waals surface area (Å²) in [6, 6.07) is 13.3. The van der Waals surface area contributed by atoms with Gasteiger partial charge in [-0.1, -0.05) is 29.8 Å². The Hall–Kier alpha value is -3.02. The van der Waals surface area contributed by atoms with Crippen molar-refractivity contribution >= 4 is 11.8 Å². The Morgan fingerprint density at radius 1 is 0.889 bits per heavy atom. The van der Waals surface area contributed by atoms with Crippen molar-refractivity contribution in [2.75, 3.05) is 33.0 Å². The SMILES string of the molecule is Cc1ccc(CC(=O)N2CCN(C(=O)c3ccc4c(c3)OCO4)CC2)cc1. The van der Waals surface area contributed by atoms with Crippen LogP contribution in [0.2, 0.25) is 0 Å². The van der Waals surface area contributed by atoms with Crippen molar-refractivity contribution in [3.63, 3.8) is 0 Å². The number of nitrogens with zero attached hydrogens (tertiary/aromatic N) is 2. The monoisotopic (exact) mass is 366 g/mol. The molecule has 2 aromatic rings. The molecule has 4 rings (SSSR count). The van der Waals surface area contributed by atoms with E-state index >= 15 is 0 Å². The summed E-state index contributed by atoms with van der Waals surface area (Å²) in [7, 11) is 0. The second-order valence-corrected chi connectivity index (χ2v) is 6.90. The average molecular weight is 366 g/mol. The van der Waals surface area contributed by atoms with Crippen LogP contribution in [0, 0.1) is 6.92 Å². The summed E-state index contributed by atoms with van der Waals surface area (Å²) in [5.74, 6) is 1.33. The Balaban J connectivity index is 1.33. The maximum atomic E-state index is 12.7. The van der Waals surface area contributed by atoms with Crippen molar-refractivity contribution in [1.29, 1.82) is 0 Å². The largest absolute Gasteiger partial charge is 0.454 e. The first-order valence-electron chi connectivity index (χ1n) is 9.12. The van der Waals surface area contributed by atoms with Crippen molar-refractivity contribution < 1.29 is 19.1 Å². The number of ether oxygens (including phenoxy) is 2. The fourth-order valence-electron chi connectivity index (χ4n) is 3.36. The summed E-state index contributed by atoms with van der Waals surface area (Å²) < 4.78 is 10.6. The van der Waals surface area contributed by atoms with Crippen molar-refractivity contribution in [2.45, 2.75) is 13.3 Å². The normalized spacial score (nSPS) is 15.7. The molecule has 0 unspecified atom stereocenters. The van der Waals surface area contributed by atoms with E-state index in [0.717, 1.165) is 5.56 Å². The lowest BCUT2D eigenvalue weighted by Crippen LogP contribution is -2.51.